The topological polar surface area (TPSA) is 86.7 Å². The molecule has 0 bridgehead atoms. The van der Waals surface area contributed by atoms with Crippen LogP contribution in [0.4, 0.5) is 0 Å². The van der Waals surface area contributed by atoms with Gasteiger partial charge in [-0.1, -0.05) is 0 Å². The van der Waals surface area contributed by atoms with Gasteiger partial charge in [0.1, 0.15) is 11.9 Å². The third kappa shape index (κ3) is 3.71. The summed E-state index contributed by atoms with van der Waals surface area (Å²) >= 11 is 0. The van der Waals surface area contributed by atoms with Crippen molar-refractivity contribution in [1.82, 2.24) is 10.3 Å². The Bertz CT molecular complexity index is 245. The van der Waals surface area contributed by atoms with Gasteiger partial charge in [0.15, 0.2) is 0 Å². The molecule has 0 aromatic carbocycles. The number of rotatable bonds is 5. The molecule has 0 fully saturated rings. The van der Waals surface area contributed by atoms with Crippen LogP contribution in [0, 0.1) is 0 Å². The Balaban J connectivity index is 2.11. The van der Waals surface area contributed by atoms with Crippen LogP contribution < -0.4 is 16.0 Å². The second kappa shape index (κ2) is 5.31. The van der Waals surface area contributed by atoms with Crippen LogP contribution in [-0.4, -0.2) is 24.0 Å². The molecular weight excluding hydrogens is 168 g/mol. The van der Waals surface area contributed by atoms with E-state index in [0.29, 0.717) is 19.5 Å². The minimum absolute atomic E-state index is 0.0746. The molecule has 5 heteroatoms. The maximum Gasteiger partial charge on any atom is 0.239 e. The van der Waals surface area contributed by atoms with Gasteiger partial charge in [0.05, 0.1) is 13.0 Å². The molecule has 13 heavy (non-hydrogen) atoms. The molecule has 0 atom stereocenters. The van der Waals surface area contributed by atoms with E-state index >= 15 is 0 Å². The van der Waals surface area contributed by atoms with Crippen molar-refractivity contribution in [2.75, 3.05) is 13.1 Å². The van der Waals surface area contributed by atoms with Gasteiger partial charge in [-0.2, -0.15) is 0 Å². The van der Waals surface area contributed by atoms with Crippen LogP contribution in [0.5, 0.6) is 0 Å². The molecule has 5 nitrogen and oxygen atoms in total. The molecule has 1 heterocycles. The van der Waals surface area contributed by atoms with Crippen LogP contribution in [0.15, 0.2) is 12.5 Å². The van der Waals surface area contributed by atoms with Crippen LogP contribution in [-0.2, 0) is 11.2 Å². The van der Waals surface area contributed by atoms with Crippen molar-refractivity contribution >= 4 is 5.91 Å². The molecule has 0 aliphatic heterocycles. The van der Waals surface area contributed by atoms with Gasteiger partial charge in [-0.05, 0) is 0 Å². The Morgan fingerprint density at radius 2 is 2.54 bits per heavy atom. The molecule has 6 N–H and O–H groups in total. The molecular formula is C8H16N4O+2. The van der Waals surface area contributed by atoms with E-state index in [1.165, 1.54) is 0 Å². The number of carbonyl (C=O) groups is 1. The quantitative estimate of drug-likeness (QED) is 0.491. The number of amides is 1. The predicted molar refractivity (Wildman–Crippen MR) is 46.4 cm³/mol. The summed E-state index contributed by atoms with van der Waals surface area (Å²) in [5, 5.41) is 2.81. The summed E-state index contributed by atoms with van der Waals surface area (Å²) in [7, 11) is 0. The minimum atomic E-state index is 0.0746. The van der Waals surface area contributed by atoms with Crippen LogP contribution in [0.1, 0.15) is 12.1 Å². The van der Waals surface area contributed by atoms with Crippen molar-refractivity contribution in [3.8, 4) is 0 Å². The second-order valence-corrected chi connectivity index (χ2v) is 2.83. The van der Waals surface area contributed by atoms with E-state index in [0.717, 1.165) is 12.1 Å². The van der Waals surface area contributed by atoms with Crippen LogP contribution in [0.3, 0.4) is 0 Å². The third-order valence-electron chi connectivity index (χ3n) is 1.72. The summed E-state index contributed by atoms with van der Waals surface area (Å²) in [5.41, 5.74) is 4.70. The van der Waals surface area contributed by atoms with E-state index in [1.807, 2.05) is 6.20 Å². The molecule has 1 aromatic heterocycles. The summed E-state index contributed by atoms with van der Waals surface area (Å²) in [6.07, 6.45) is 4.98. The number of imidazole rings is 1. The first-order valence-corrected chi connectivity index (χ1v) is 4.42. The van der Waals surface area contributed by atoms with Gasteiger partial charge in [0, 0.05) is 13.0 Å². The zero-order chi connectivity index (χ0) is 9.52. The first-order chi connectivity index (χ1) is 6.33. The Kier molecular flexibility index (Phi) is 3.98. The summed E-state index contributed by atoms with van der Waals surface area (Å²) < 4.78 is 0. The van der Waals surface area contributed by atoms with Crippen molar-refractivity contribution < 1.29 is 15.5 Å². The molecule has 1 aromatic rings. The van der Waals surface area contributed by atoms with Crippen LogP contribution >= 0.6 is 0 Å². The summed E-state index contributed by atoms with van der Waals surface area (Å²) in [4.78, 5) is 16.9. The zero-order valence-electron chi connectivity index (χ0n) is 7.60. The fourth-order valence-electron chi connectivity index (χ4n) is 1.05. The van der Waals surface area contributed by atoms with Gasteiger partial charge >= 0.3 is 0 Å². The number of aromatic amines is 2. The molecule has 0 aliphatic rings. The first kappa shape index (κ1) is 9.73. The van der Waals surface area contributed by atoms with Crippen molar-refractivity contribution in [2.24, 2.45) is 0 Å². The largest absolute Gasteiger partial charge is 0.357 e. The lowest BCUT2D eigenvalue weighted by molar-refractivity contribution is -0.376. The van der Waals surface area contributed by atoms with Gasteiger partial charge in [-0.25, -0.2) is 4.98 Å². The normalized spacial score (nSPS) is 9.92. The predicted octanol–water partition coefficient (Wildman–Crippen LogP) is -1.88. The summed E-state index contributed by atoms with van der Waals surface area (Å²) in [5.74, 6) is 0.0746. The molecule has 1 amide bonds. The Morgan fingerprint density at radius 1 is 1.69 bits per heavy atom. The Morgan fingerprint density at radius 3 is 3.15 bits per heavy atom. The average molecular weight is 184 g/mol. The fourth-order valence-corrected chi connectivity index (χ4v) is 1.05. The van der Waals surface area contributed by atoms with E-state index in [4.69, 9.17) is 0 Å². The second-order valence-electron chi connectivity index (χ2n) is 2.83. The smallest absolute Gasteiger partial charge is 0.239 e. The van der Waals surface area contributed by atoms with Gasteiger partial charge in [-0.3, -0.25) is 9.78 Å². The molecule has 0 saturated carbocycles. The lowest BCUT2D eigenvalue weighted by Crippen LogP contribution is -2.51. The van der Waals surface area contributed by atoms with Crippen LogP contribution in [0.2, 0.25) is 0 Å². The molecule has 72 valence electrons. The zero-order valence-corrected chi connectivity index (χ0v) is 7.60. The van der Waals surface area contributed by atoms with Gasteiger partial charge in [0.2, 0.25) is 12.2 Å². The van der Waals surface area contributed by atoms with Crippen molar-refractivity contribution in [3.05, 3.63) is 18.2 Å². The SMILES string of the molecule is [NH3+]CCC(=O)NCCc1c[nH+]c[nH]1. The molecule has 0 aliphatic carbocycles. The lowest BCUT2D eigenvalue weighted by Gasteiger charge is -1.99. The van der Waals surface area contributed by atoms with E-state index < -0.39 is 0 Å². The molecule has 0 unspecified atom stereocenters. The number of H-pyrrole nitrogens is 2. The fraction of sp³-hybridized carbons (Fsp3) is 0.500. The van der Waals surface area contributed by atoms with Crippen molar-refractivity contribution in [1.29, 1.82) is 0 Å². The summed E-state index contributed by atoms with van der Waals surface area (Å²) in [6, 6.07) is 0. The maximum atomic E-state index is 11.0. The number of aromatic nitrogens is 2. The van der Waals surface area contributed by atoms with E-state index in [1.54, 1.807) is 6.33 Å². The summed E-state index contributed by atoms with van der Waals surface area (Å²) in [6.45, 7) is 1.33. The molecule has 1 rings (SSSR count). The molecule has 0 spiro atoms. The number of carbonyl (C=O) groups excluding carboxylic acids is 1. The lowest BCUT2D eigenvalue weighted by atomic mass is 10.3. The average Bonchev–Trinajstić information content (AvgIpc) is 2.57. The van der Waals surface area contributed by atoms with Crippen molar-refractivity contribution in [3.63, 3.8) is 0 Å². The van der Waals surface area contributed by atoms with E-state index in [-0.39, 0.29) is 5.91 Å². The highest BCUT2D eigenvalue weighted by molar-refractivity contribution is 5.75. The van der Waals surface area contributed by atoms with E-state index in [9.17, 15) is 4.79 Å². The molecule has 0 radical (unpaired) electrons. The van der Waals surface area contributed by atoms with Crippen molar-refractivity contribution in [2.45, 2.75) is 12.8 Å². The maximum absolute atomic E-state index is 11.0. The molecule has 0 saturated heterocycles. The Labute approximate surface area is 76.7 Å². The number of hydrogen-bond donors (Lipinski definition) is 3. The minimum Gasteiger partial charge on any atom is -0.357 e. The van der Waals surface area contributed by atoms with Gasteiger partial charge in [0.25, 0.3) is 0 Å². The monoisotopic (exact) mass is 184 g/mol. The van der Waals surface area contributed by atoms with Crippen LogP contribution in [0.25, 0.3) is 0 Å². The first-order valence-electron chi connectivity index (χ1n) is 4.42. The van der Waals surface area contributed by atoms with Gasteiger partial charge < -0.3 is 11.1 Å². The Hall–Kier alpha value is -1.36. The standard InChI is InChI=1S/C8H14N4O/c9-3-1-8(13)11-4-2-7-5-10-6-12-7/h5-6H,1-4,9H2,(H,10,12)(H,11,13)/p+2. The number of quaternary nitrogens is 1. The number of hydrogen-bond acceptors (Lipinski definition) is 1. The highest BCUT2D eigenvalue weighted by Gasteiger charge is 2.02. The van der Waals surface area contributed by atoms with Gasteiger partial charge in [-0.15, -0.1) is 0 Å². The number of nitrogens with one attached hydrogen (secondary N) is 3. The highest BCUT2D eigenvalue weighted by Crippen LogP contribution is 1.87. The highest BCUT2D eigenvalue weighted by atomic mass is 16.1. The third-order valence-corrected chi connectivity index (χ3v) is 1.72. The van der Waals surface area contributed by atoms with E-state index in [2.05, 4.69) is 21.0 Å².